The van der Waals surface area contributed by atoms with Crippen molar-refractivity contribution in [3.8, 4) is 22.9 Å². The molecule has 0 radical (unpaired) electrons. The minimum Gasteiger partial charge on any atom is -0.444 e. The maximum atomic E-state index is 15.1. The second-order valence-electron chi connectivity index (χ2n) is 13.5. The molecule has 2 aromatic carbocycles. The third kappa shape index (κ3) is 8.68. The summed E-state index contributed by atoms with van der Waals surface area (Å²) >= 11 is 0. The van der Waals surface area contributed by atoms with Gasteiger partial charge < -0.3 is 19.7 Å². The highest BCUT2D eigenvalue weighted by molar-refractivity contribution is 7.92. The molecule has 48 heavy (non-hydrogen) atoms. The fraction of sp³-hybridized carbons (Fsp3) is 0.429. The zero-order chi connectivity index (χ0) is 34.6. The average Bonchev–Trinajstić information content (AvgIpc) is 3.02. The summed E-state index contributed by atoms with van der Waals surface area (Å²) in [5.74, 6) is 0.437. The lowest BCUT2D eigenvalue weighted by molar-refractivity contribution is 0.0206. The predicted molar refractivity (Wildman–Crippen MR) is 185 cm³/mol. The molecule has 0 spiro atoms. The third-order valence-electron chi connectivity index (χ3n) is 7.83. The van der Waals surface area contributed by atoms with E-state index in [-0.39, 0.29) is 35.4 Å². The van der Waals surface area contributed by atoms with Gasteiger partial charge in [-0.1, -0.05) is 26.0 Å². The van der Waals surface area contributed by atoms with Gasteiger partial charge in [-0.2, -0.15) is 0 Å². The third-order valence-corrected chi connectivity index (χ3v) is 9.11. The number of aryl methyl sites for hydroxylation is 1. The molecule has 5 rings (SSSR count). The maximum absolute atomic E-state index is 15.1. The first kappa shape index (κ1) is 34.8. The Labute approximate surface area is 281 Å². The van der Waals surface area contributed by atoms with Crippen molar-refractivity contribution in [3.05, 3.63) is 66.2 Å². The van der Waals surface area contributed by atoms with Crippen LogP contribution >= 0.6 is 0 Å². The molecule has 3 heterocycles. The van der Waals surface area contributed by atoms with Crippen molar-refractivity contribution in [2.45, 2.75) is 72.4 Å². The molecular formula is C35H43FN6O5S. The number of likely N-dealkylation sites (tertiary alicyclic amines) is 1. The van der Waals surface area contributed by atoms with Gasteiger partial charge in [-0.25, -0.2) is 32.6 Å². The summed E-state index contributed by atoms with van der Waals surface area (Å²) in [6.45, 7) is 12.3. The van der Waals surface area contributed by atoms with Gasteiger partial charge in [0, 0.05) is 42.3 Å². The normalized spacial score (nSPS) is 15.4. The fourth-order valence-electron chi connectivity index (χ4n) is 5.41. The van der Waals surface area contributed by atoms with Gasteiger partial charge in [0.15, 0.2) is 0 Å². The van der Waals surface area contributed by atoms with E-state index < -0.39 is 21.4 Å². The Morgan fingerprint density at radius 2 is 1.85 bits per heavy atom. The quantitative estimate of drug-likeness (QED) is 0.174. The van der Waals surface area contributed by atoms with Gasteiger partial charge in [-0.15, -0.1) is 0 Å². The Kier molecular flexibility index (Phi) is 10.4. The minimum absolute atomic E-state index is 0.0677. The average molecular weight is 679 g/mol. The van der Waals surface area contributed by atoms with Gasteiger partial charge in [0.1, 0.15) is 17.2 Å². The van der Waals surface area contributed by atoms with E-state index in [2.05, 4.69) is 20.0 Å². The van der Waals surface area contributed by atoms with Gasteiger partial charge in [0.25, 0.3) is 0 Å². The minimum atomic E-state index is -3.79. The predicted octanol–water partition coefficient (Wildman–Crippen LogP) is 7.53. The summed E-state index contributed by atoms with van der Waals surface area (Å²) in [5.41, 5.74) is 1.19. The number of pyridine rings is 1. The van der Waals surface area contributed by atoms with Crippen molar-refractivity contribution in [1.82, 2.24) is 19.9 Å². The molecule has 2 aromatic heterocycles. The number of halogens is 1. The number of fused-ring (bicyclic) bond motifs is 1. The second-order valence-corrected chi connectivity index (χ2v) is 15.3. The molecule has 0 bridgehead atoms. The van der Waals surface area contributed by atoms with Crippen LogP contribution in [-0.2, 0) is 14.8 Å². The van der Waals surface area contributed by atoms with Crippen molar-refractivity contribution in [2.75, 3.05) is 28.9 Å². The lowest BCUT2D eigenvalue weighted by Gasteiger charge is -2.34. The molecule has 1 atom stereocenters. The Morgan fingerprint density at radius 3 is 2.60 bits per heavy atom. The molecule has 0 aliphatic carbocycles. The molecule has 4 aromatic rings. The lowest BCUT2D eigenvalue weighted by atomic mass is 10.0. The van der Waals surface area contributed by atoms with Gasteiger partial charge in [0.2, 0.25) is 21.9 Å². The highest BCUT2D eigenvalue weighted by Gasteiger charge is 2.28. The van der Waals surface area contributed by atoms with Crippen LogP contribution in [0.5, 0.6) is 11.6 Å². The van der Waals surface area contributed by atoms with Crippen LogP contribution in [0.15, 0.2) is 54.9 Å². The van der Waals surface area contributed by atoms with E-state index in [1.807, 2.05) is 47.6 Å². The van der Waals surface area contributed by atoms with Crippen molar-refractivity contribution < 1.29 is 27.1 Å². The van der Waals surface area contributed by atoms with Crippen LogP contribution in [0.25, 0.3) is 22.0 Å². The molecule has 1 aliphatic heterocycles. The monoisotopic (exact) mass is 678 g/mol. The molecule has 1 amide bonds. The van der Waals surface area contributed by atoms with Gasteiger partial charge in [-0.05, 0) is 88.8 Å². The molecule has 1 aliphatic rings. The van der Waals surface area contributed by atoms with E-state index in [0.717, 1.165) is 18.4 Å². The number of ether oxygens (including phenoxy) is 2. The summed E-state index contributed by atoms with van der Waals surface area (Å²) in [6.07, 6.45) is 4.99. The number of amides is 1. The number of nitrogens with one attached hydrogen (secondary N) is 2. The molecule has 2 N–H and O–H groups in total. The van der Waals surface area contributed by atoms with Crippen LogP contribution in [0.3, 0.4) is 0 Å². The SMILES string of the molecule is Cc1ccc2c(NS(=O)(=O)CCC(C)C)c(F)ccc2c1Oc1ncccc1-c1ccnc(N[C@H]2CCCN(C(=O)OC(C)(C)C)C2)n1. The first-order chi connectivity index (χ1) is 22.7. The molecule has 13 heteroatoms. The van der Waals surface area contributed by atoms with E-state index >= 15 is 4.39 Å². The number of piperidine rings is 1. The molecule has 0 unspecified atom stereocenters. The number of anilines is 2. The number of aromatic nitrogens is 3. The molecule has 11 nitrogen and oxygen atoms in total. The number of carbonyl (C=O) groups excluding carboxylic acids is 1. The number of rotatable bonds is 10. The number of carbonyl (C=O) groups is 1. The van der Waals surface area contributed by atoms with Crippen molar-refractivity contribution in [2.24, 2.45) is 5.92 Å². The second kappa shape index (κ2) is 14.3. The Hall–Kier alpha value is -4.52. The van der Waals surface area contributed by atoms with Gasteiger partial charge in [-0.3, -0.25) is 4.72 Å². The van der Waals surface area contributed by atoms with E-state index in [9.17, 15) is 13.2 Å². The van der Waals surface area contributed by atoms with Crippen molar-refractivity contribution >= 4 is 38.5 Å². The summed E-state index contributed by atoms with van der Waals surface area (Å²) in [5, 5.41) is 4.25. The summed E-state index contributed by atoms with van der Waals surface area (Å²) in [6, 6.07) is 11.5. The van der Waals surface area contributed by atoms with Crippen LogP contribution in [0.4, 0.5) is 20.8 Å². The van der Waals surface area contributed by atoms with Crippen LogP contribution < -0.4 is 14.8 Å². The molecule has 1 fully saturated rings. The lowest BCUT2D eigenvalue weighted by Crippen LogP contribution is -2.47. The van der Waals surface area contributed by atoms with Crippen molar-refractivity contribution in [1.29, 1.82) is 0 Å². The van der Waals surface area contributed by atoms with E-state index in [1.165, 1.54) is 6.07 Å². The zero-order valence-corrected chi connectivity index (χ0v) is 29.0. The molecular weight excluding hydrogens is 635 g/mol. The standard InChI is InChI=1S/C35H43FN6O5S/c1-22(2)16-20-48(44,45)41-30-25-12-11-23(3)31(26(25)13-14-28(30)36)46-32-27(10-7-17-37-32)29-15-18-38-33(40-29)39-24-9-8-19-42(21-24)34(43)47-35(4,5)6/h7,10-15,17-18,22,24,41H,8-9,16,19-21H2,1-6H3,(H,38,39,40)/t24-/m0/s1. The van der Waals surface area contributed by atoms with Gasteiger partial charge >= 0.3 is 6.09 Å². The highest BCUT2D eigenvalue weighted by Crippen LogP contribution is 2.39. The van der Waals surface area contributed by atoms with Crippen LogP contribution in [0.1, 0.15) is 59.4 Å². The number of sulfonamides is 1. The number of hydrogen-bond donors (Lipinski definition) is 2. The smallest absolute Gasteiger partial charge is 0.410 e. The number of hydrogen-bond acceptors (Lipinski definition) is 9. The van der Waals surface area contributed by atoms with E-state index in [0.29, 0.717) is 53.2 Å². The van der Waals surface area contributed by atoms with Crippen molar-refractivity contribution in [3.63, 3.8) is 0 Å². The Balaban J connectivity index is 1.40. The topological polar surface area (TPSA) is 136 Å². The largest absolute Gasteiger partial charge is 0.444 e. The van der Waals surface area contributed by atoms with E-state index in [4.69, 9.17) is 14.5 Å². The molecule has 0 saturated carbocycles. The Bertz CT molecular complexity index is 1900. The van der Waals surface area contributed by atoms with Gasteiger partial charge in [0.05, 0.1) is 22.7 Å². The van der Waals surface area contributed by atoms with Crippen LogP contribution in [-0.4, -0.2) is 64.8 Å². The summed E-state index contributed by atoms with van der Waals surface area (Å²) in [7, 11) is -3.79. The maximum Gasteiger partial charge on any atom is 0.410 e. The zero-order valence-electron chi connectivity index (χ0n) is 28.2. The number of nitrogens with zero attached hydrogens (tertiary/aromatic N) is 4. The highest BCUT2D eigenvalue weighted by atomic mass is 32.2. The molecule has 256 valence electrons. The van der Waals surface area contributed by atoms with Crippen LogP contribution in [0.2, 0.25) is 0 Å². The summed E-state index contributed by atoms with van der Waals surface area (Å²) < 4.78 is 55.2. The Morgan fingerprint density at radius 1 is 1.08 bits per heavy atom. The first-order valence-electron chi connectivity index (χ1n) is 16.1. The van der Waals surface area contributed by atoms with E-state index in [1.54, 1.807) is 47.6 Å². The first-order valence-corrected chi connectivity index (χ1v) is 17.8. The summed E-state index contributed by atoms with van der Waals surface area (Å²) in [4.78, 5) is 28.0. The van der Waals surface area contributed by atoms with Crippen LogP contribution in [0, 0.1) is 18.7 Å². The molecule has 1 saturated heterocycles. The fourth-order valence-corrected chi connectivity index (χ4v) is 6.81. The number of benzene rings is 2.